The SMILES string of the molecule is CC(C)CCN(c1ccc(/C=C/C(=O)O)cc1F)C1CC1. The molecule has 1 N–H and O–H groups in total. The molecule has 0 saturated heterocycles. The predicted molar refractivity (Wildman–Crippen MR) is 82.9 cm³/mol. The second-order valence-electron chi connectivity index (χ2n) is 5.99. The Morgan fingerprint density at radius 3 is 2.71 bits per heavy atom. The second kappa shape index (κ2) is 6.74. The first kappa shape index (κ1) is 15.5. The summed E-state index contributed by atoms with van der Waals surface area (Å²) in [5, 5.41) is 8.60. The number of carboxylic acids is 1. The molecule has 0 aromatic heterocycles. The van der Waals surface area contributed by atoms with Gasteiger partial charge in [-0.2, -0.15) is 0 Å². The van der Waals surface area contributed by atoms with Crippen LogP contribution in [0.15, 0.2) is 24.3 Å². The maximum Gasteiger partial charge on any atom is 0.328 e. The summed E-state index contributed by atoms with van der Waals surface area (Å²) in [5.74, 6) is -0.721. The van der Waals surface area contributed by atoms with Crippen LogP contribution in [-0.4, -0.2) is 23.7 Å². The lowest BCUT2D eigenvalue weighted by atomic mass is 10.1. The van der Waals surface area contributed by atoms with Gasteiger partial charge in [-0.25, -0.2) is 9.18 Å². The van der Waals surface area contributed by atoms with Crippen LogP contribution in [0.3, 0.4) is 0 Å². The van der Waals surface area contributed by atoms with Gasteiger partial charge in [0.25, 0.3) is 0 Å². The Bertz CT molecular complexity index is 536. The van der Waals surface area contributed by atoms with Gasteiger partial charge in [0.2, 0.25) is 0 Å². The highest BCUT2D eigenvalue weighted by Crippen LogP contribution is 2.34. The molecule has 0 radical (unpaired) electrons. The Morgan fingerprint density at radius 1 is 1.48 bits per heavy atom. The highest BCUT2D eigenvalue weighted by atomic mass is 19.1. The Balaban J connectivity index is 2.15. The van der Waals surface area contributed by atoms with Crippen LogP contribution >= 0.6 is 0 Å². The first-order valence-corrected chi connectivity index (χ1v) is 7.44. The lowest BCUT2D eigenvalue weighted by Crippen LogP contribution is -2.28. The summed E-state index contributed by atoms with van der Waals surface area (Å²) in [7, 11) is 0. The van der Waals surface area contributed by atoms with Gasteiger partial charge in [0.05, 0.1) is 5.69 Å². The third-order valence-electron chi connectivity index (χ3n) is 3.63. The lowest BCUT2D eigenvalue weighted by molar-refractivity contribution is -0.131. The Hall–Kier alpha value is -1.84. The quantitative estimate of drug-likeness (QED) is 0.774. The van der Waals surface area contributed by atoms with E-state index in [1.54, 1.807) is 12.1 Å². The first-order valence-electron chi connectivity index (χ1n) is 7.44. The highest BCUT2D eigenvalue weighted by molar-refractivity contribution is 5.85. The van der Waals surface area contributed by atoms with E-state index >= 15 is 0 Å². The van der Waals surface area contributed by atoms with Gasteiger partial charge in [-0.1, -0.05) is 19.9 Å². The van der Waals surface area contributed by atoms with E-state index in [-0.39, 0.29) is 5.82 Å². The van der Waals surface area contributed by atoms with Gasteiger partial charge in [-0.3, -0.25) is 0 Å². The van der Waals surface area contributed by atoms with Crippen LogP contribution in [0.4, 0.5) is 10.1 Å². The van der Waals surface area contributed by atoms with E-state index in [0.717, 1.165) is 31.9 Å². The summed E-state index contributed by atoms with van der Waals surface area (Å²) < 4.78 is 14.3. The highest BCUT2D eigenvalue weighted by Gasteiger charge is 2.30. The fraction of sp³-hybridized carbons (Fsp3) is 0.471. The Kier molecular flexibility index (Phi) is 4.99. The van der Waals surface area contributed by atoms with Gasteiger partial charge in [0.1, 0.15) is 5.82 Å². The number of carbonyl (C=O) groups is 1. The Labute approximate surface area is 125 Å². The fourth-order valence-corrected chi connectivity index (χ4v) is 2.31. The van der Waals surface area contributed by atoms with Crippen molar-refractivity contribution < 1.29 is 14.3 Å². The third kappa shape index (κ3) is 4.59. The summed E-state index contributed by atoms with van der Waals surface area (Å²) in [6, 6.07) is 5.39. The van der Waals surface area contributed by atoms with Crippen LogP contribution in [-0.2, 0) is 4.79 Å². The molecule has 1 aliphatic rings. The van der Waals surface area contributed by atoms with Gasteiger partial charge in [-0.15, -0.1) is 0 Å². The summed E-state index contributed by atoms with van der Waals surface area (Å²) in [6.07, 6.45) is 5.71. The molecule has 114 valence electrons. The van der Waals surface area contributed by atoms with Crippen molar-refractivity contribution in [3.63, 3.8) is 0 Å². The minimum absolute atomic E-state index is 0.279. The zero-order valence-electron chi connectivity index (χ0n) is 12.6. The monoisotopic (exact) mass is 291 g/mol. The van der Waals surface area contributed by atoms with Crippen molar-refractivity contribution in [3.8, 4) is 0 Å². The molecule has 0 spiro atoms. The molecule has 1 aliphatic carbocycles. The van der Waals surface area contributed by atoms with E-state index in [2.05, 4.69) is 18.7 Å². The van der Waals surface area contributed by atoms with Crippen molar-refractivity contribution in [2.45, 2.75) is 39.2 Å². The van der Waals surface area contributed by atoms with Crippen LogP contribution in [0.5, 0.6) is 0 Å². The largest absolute Gasteiger partial charge is 0.478 e. The zero-order valence-corrected chi connectivity index (χ0v) is 12.6. The maximum absolute atomic E-state index is 14.3. The molecule has 0 atom stereocenters. The summed E-state index contributed by atoms with van der Waals surface area (Å²) in [5.41, 5.74) is 1.20. The number of hydrogen-bond donors (Lipinski definition) is 1. The molecule has 21 heavy (non-hydrogen) atoms. The standard InChI is InChI=1S/C17H22FNO2/c1-12(2)9-10-19(14-5-6-14)16-7-3-13(11-15(16)18)4-8-17(20)21/h3-4,7-8,11-12,14H,5-6,9-10H2,1-2H3,(H,20,21)/b8-4+. The normalized spacial score (nSPS) is 14.9. The molecule has 1 aromatic carbocycles. The molecule has 3 nitrogen and oxygen atoms in total. The van der Waals surface area contributed by atoms with Crippen LogP contribution in [0.25, 0.3) is 6.08 Å². The minimum atomic E-state index is -1.03. The van der Waals surface area contributed by atoms with Crippen molar-refractivity contribution in [2.75, 3.05) is 11.4 Å². The molecule has 1 aromatic rings. The Morgan fingerprint density at radius 2 is 2.19 bits per heavy atom. The molecule has 0 aliphatic heterocycles. The molecular formula is C17H22FNO2. The van der Waals surface area contributed by atoms with E-state index in [1.807, 2.05) is 0 Å². The predicted octanol–water partition coefficient (Wildman–Crippen LogP) is 3.94. The summed E-state index contributed by atoms with van der Waals surface area (Å²) >= 11 is 0. The molecular weight excluding hydrogens is 269 g/mol. The number of aliphatic carboxylic acids is 1. The lowest BCUT2D eigenvalue weighted by Gasteiger charge is -2.26. The zero-order chi connectivity index (χ0) is 15.4. The topological polar surface area (TPSA) is 40.5 Å². The number of benzene rings is 1. The molecule has 2 rings (SSSR count). The molecule has 1 fully saturated rings. The number of halogens is 1. The van der Waals surface area contributed by atoms with E-state index in [9.17, 15) is 9.18 Å². The van der Waals surface area contributed by atoms with Crippen molar-refractivity contribution >= 4 is 17.7 Å². The number of carboxylic acid groups (broad SMARTS) is 1. The van der Waals surface area contributed by atoms with Crippen LogP contribution in [0, 0.1) is 11.7 Å². The molecule has 0 bridgehead atoms. The molecule has 0 heterocycles. The van der Waals surface area contributed by atoms with Crippen molar-refractivity contribution in [3.05, 3.63) is 35.7 Å². The molecule has 0 unspecified atom stereocenters. The van der Waals surface area contributed by atoms with Crippen molar-refractivity contribution in [2.24, 2.45) is 5.92 Å². The molecule has 0 amide bonds. The fourth-order valence-electron chi connectivity index (χ4n) is 2.31. The number of anilines is 1. The van der Waals surface area contributed by atoms with E-state index in [4.69, 9.17) is 5.11 Å². The summed E-state index contributed by atoms with van der Waals surface area (Å²) in [6.45, 7) is 5.20. The number of hydrogen-bond acceptors (Lipinski definition) is 2. The average molecular weight is 291 g/mol. The van der Waals surface area contributed by atoms with Gasteiger partial charge in [0.15, 0.2) is 0 Å². The van der Waals surface area contributed by atoms with E-state index in [1.165, 1.54) is 12.1 Å². The molecule has 1 saturated carbocycles. The van der Waals surface area contributed by atoms with E-state index < -0.39 is 5.97 Å². The van der Waals surface area contributed by atoms with Gasteiger partial charge in [0, 0.05) is 18.7 Å². The maximum atomic E-state index is 14.3. The summed E-state index contributed by atoms with van der Waals surface area (Å²) in [4.78, 5) is 12.6. The van der Waals surface area contributed by atoms with Crippen LogP contribution < -0.4 is 4.90 Å². The van der Waals surface area contributed by atoms with Gasteiger partial charge >= 0.3 is 5.97 Å². The van der Waals surface area contributed by atoms with Crippen LogP contribution in [0.2, 0.25) is 0 Å². The van der Waals surface area contributed by atoms with E-state index in [0.29, 0.717) is 23.2 Å². The smallest absolute Gasteiger partial charge is 0.328 e. The van der Waals surface area contributed by atoms with Gasteiger partial charge in [-0.05, 0) is 49.0 Å². The third-order valence-corrected chi connectivity index (χ3v) is 3.63. The first-order chi connectivity index (χ1) is 9.97. The van der Waals surface area contributed by atoms with Crippen molar-refractivity contribution in [1.29, 1.82) is 0 Å². The van der Waals surface area contributed by atoms with Crippen LogP contribution in [0.1, 0.15) is 38.7 Å². The average Bonchev–Trinajstić information content (AvgIpc) is 3.22. The number of rotatable bonds is 7. The molecule has 4 heteroatoms. The van der Waals surface area contributed by atoms with Gasteiger partial charge < -0.3 is 10.0 Å². The van der Waals surface area contributed by atoms with Crippen molar-refractivity contribution in [1.82, 2.24) is 0 Å². The minimum Gasteiger partial charge on any atom is -0.478 e. The second-order valence-corrected chi connectivity index (χ2v) is 5.99. The number of nitrogens with zero attached hydrogens (tertiary/aromatic N) is 1.